The number of nitrogens with zero attached hydrogens (tertiary/aromatic N) is 1. The van der Waals surface area contributed by atoms with Crippen LogP contribution in [-0.2, 0) is 9.47 Å². The molecular weight excluding hydrogens is 202 g/mol. The molecule has 2 aliphatic rings. The van der Waals surface area contributed by atoms with E-state index in [0.717, 1.165) is 0 Å². The Morgan fingerprint density at radius 1 is 1.40 bits per heavy atom. The standard InChI is InChI=1S/C9H15NO5/c11-6-9(14-3-4-15-9)7-1-2-8(5-7)10(12)13/h7-8,11H,1-6H2. The summed E-state index contributed by atoms with van der Waals surface area (Å²) in [6, 6.07) is -0.508. The quantitative estimate of drug-likeness (QED) is 0.538. The molecule has 86 valence electrons. The highest BCUT2D eigenvalue weighted by Crippen LogP contribution is 2.40. The van der Waals surface area contributed by atoms with E-state index >= 15 is 0 Å². The Bertz CT molecular complexity index is 251. The topological polar surface area (TPSA) is 81.8 Å². The smallest absolute Gasteiger partial charge is 0.213 e. The van der Waals surface area contributed by atoms with E-state index in [-0.39, 0.29) is 17.4 Å². The van der Waals surface area contributed by atoms with Crippen molar-refractivity contribution in [1.29, 1.82) is 0 Å². The Morgan fingerprint density at radius 3 is 2.53 bits per heavy atom. The summed E-state index contributed by atoms with van der Waals surface area (Å²) in [5.41, 5.74) is 0. The van der Waals surface area contributed by atoms with Crippen molar-refractivity contribution in [3.63, 3.8) is 0 Å². The molecule has 0 amide bonds. The summed E-state index contributed by atoms with van der Waals surface area (Å²) in [5, 5.41) is 19.9. The predicted molar refractivity (Wildman–Crippen MR) is 49.8 cm³/mol. The lowest BCUT2D eigenvalue weighted by molar-refractivity contribution is -0.521. The maximum Gasteiger partial charge on any atom is 0.213 e. The third-order valence-electron chi connectivity index (χ3n) is 3.32. The Balaban J connectivity index is 2.02. The van der Waals surface area contributed by atoms with Gasteiger partial charge in [-0.3, -0.25) is 10.1 Å². The second kappa shape index (κ2) is 4.03. The van der Waals surface area contributed by atoms with Crippen LogP contribution in [0.15, 0.2) is 0 Å². The Kier molecular flexibility index (Phi) is 2.90. The third-order valence-corrected chi connectivity index (χ3v) is 3.32. The minimum absolute atomic E-state index is 0.0552. The van der Waals surface area contributed by atoms with Gasteiger partial charge in [0.15, 0.2) is 5.79 Å². The number of hydrogen-bond donors (Lipinski definition) is 1. The van der Waals surface area contributed by atoms with E-state index < -0.39 is 11.8 Å². The fraction of sp³-hybridized carbons (Fsp3) is 1.00. The lowest BCUT2D eigenvalue weighted by atomic mass is 9.97. The van der Waals surface area contributed by atoms with E-state index in [1.54, 1.807) is 0 Å². The van der Waals surface area contributed by atoms with Crippen LogP contribution in [0.5, 0.6) is 0 Å². The van der Waals surface area contributed by atoms with E-state index in [1.165, 1.54) is 0 Å². The lowest BCUT2D eigenvalue weighted by Gasteiger charge is -2.30. The molecule has 1 aliphatic carbocycles. The molecule has 2 rings (SSSR count). The zero-order valence-corrected chi connectivity index (χ0v) is 8.42. The molecule has 6 nitrogen and oxygen atoms in total. The largest absolute Gasteiger partial charge is 0.391 e. The summed E-state index contributed by atoms with van der Waals surface area (Å²) in [6.07, 6.45) is 1.67. The Morgan fingerprint density at radius 2 is 2.07 bits per heavy atom. The Labute approximate surface area is 87.3 Å². The van der Waals surface area contributed by atoms with Crippen molar-refractivity contribution in [1.82, 2.24) is 0 Å². The number of ether oxygens (including phenoxy) is 2. The Hall–Kier alpha value is -0.720. The van der Waals surface area contributed by atoms with Crippen molar-refractivity contribution in [3.8, 4) is 0 Å². The van der Waals surface area contributed by atoms with Crippen molar-refractivity contribution in [2.24, 2.45) is 5.92 Å². The molecule has 2 atom stereocenters. The molecule has 6 heteroatoms. The fourth-order valence-corrected chi connectivity index (χ4v) is 2.48. The van der Waals surface area contributed by atoms with E-state index in [2.05, 4.69) is 0 Å². The van der Waals surface area contributed by atoms with Gasteiger partial charge in [0.25, 0.3) is 0 Å². The molecule has 1 heterocycles. The average Bonchev–Trinajstić information content (AvgIpc) is 2.87. The monoisotopic (exact) mass is 217 g/mol. The lowest BCUT2D eigenvalue weighted by Crippen LogP contribution is -2.42. The molecule has 0 aromatic carbocycles. The van der Waals surface area contributed by atoms with Gasteiger partial charge in [0.05, 0.1) is 19.8 Å². The molecule has 1 saturated heterocycles. The van der Waals surface area contributed by atoms with Gasteiger partial charge in [-0.15, -0.1) is 0 Å². The number of hydrogen-bond acceptors (Lipinski definition) is 5. The fourth-order valence-electron chi connectivity index (χ4n) is 2.48. The molecule has 1 aliphatic heterocycles. The molecule has 2 fully saturated rings. The van der Waals surface area contributed by atoms with Gasteiger partial charge in [-0.25, -0.2) is 0 Å². The highest BCUT2D eigenvalue weighted by Gasteiger charge is 2.49. The van der Waals surface area contributed by atoms with Crippen molar-refractivity contribution < 1.29 is 19.5 Å². The summed E-state index contributed by atoms with van der Waals surface area (Å²) in [7, 11) is 0. The van der Waals surface area contributed by atoms with Crippen LogP contribution >= 0.6 is 0 Å². The molecular formula is C9H15NO5. The minimum atomic E-state index is -0.967. The third kappa shape index (κ3) is 1.84. The molecule has 0 bridgehead atoms. The summed E-state index contributed by atoms with van der Waals surface area (Å²) < 4.78 is 10.8. The number of nitro groups is 1. The molecule has 1 N–H and O–H groups in total. The molecule has 2 unspecified atom stereocenters. The molecule has 0 spiro atoms. The first-order chi connectivity index (χ1) is 7.18. The van der Waals surface area contributed by atoms with Crippen LogP contribution in [0.3, 0.4) is 0 Å². The zero-order chi connectivity index (χ0) is 10.9. The van der Waals surface area contributed by atoms with Gasteiger partial charge in [0.2, 0.25) is 6.04 Å². The van der Waals surface area contributed by atoms with E-state index in [1.807, 2.05) is 0 Å². The van der Waals surface area contributed by atoms with Crippen LogP contribution in [0.1, 0.15) is 19.3 Å². The van der Waals surface area contributed by atoms with E-state index in [9.17, 15) is 15.2 Å². The first-order valence-electron chi connectivity index (χ1n) is 5.20. The molecule has 1 saturated carbocycles. The summed E-state index contributed by atoms with van der Waals surface area (Å²) in [6.45, 7) is 0.697. The van der Waals surface area contributed by atoms with Gasteiger partial charge in [-0.2, -0.15) is 0 Å². The zero-order valence-electron chi connectivity index (χ0n) is 8.42. The summed E-state index contributed by atoms with van der Waals surface area (Å²) >= 11 is 0. The highest BCUT2D eigenvalue weighted by atomic mass is 16.7. The summed E-state index contributed by atoms with van der Waals surface area (Å²) in [5.74, 6) is -1.02. The van der Waals surface area contributed by atoms with Gasteiger partial charge in [0, 0.05) is 23.7 Å². The van der Waals surface area contributed by atoms with Crippen molar-refractivity contribution in [2.75, 3.05) is 19.8 Å². The molecule has 0 aromatic rings. The van der Waals surface area contributed by atoms with Crippen LogP contribution < -0.4 is 0 Å². The highest BCUT2D eigenvalue weighted by molar-refractivity contribution is 4.89. The van der Waals surface area contributed by atoms with Gasteiger partial charge in [0.1, 0.15) is 0 Å². The molecule has 0 aromatic heterocycles. The first-order valence-corrected chi connectivity index (χ1v) is 5.20. The van der Waals surface area contributed by atoms with Crippen LogP contribution in [0.2, 0.25) is 0 Å². The van der Waals surface area contributed by atoms with Gasteiger partial charge in [-0.05, 0) is 6.42 Å². The van der Waals surface area contributed by atoms with Crippen molar-refractivity contribution >= 4 is 0 Å². The van der Waals surface area contributed by atoms with Gasteiger partial charge in [-0.1, -0.05) is 0 Å². The van der Waals surface area contributed by atoms with Crippen LogP contribution in [0.25, 0.3) is 0 Å². The number of aliphatic hydroxyl groups excluding tert-OH is 1. The van der Waals surface area contributed by atoms with Gasteiger partial charge < -0.3 is 14.6 Å². The summed E-state index contributed by atoms with van der Waals surface area (Å²) in [4.78, 5) is 10.4. The number of rotatable bonds is 3. The normalized spacial score (nSPS) is 34.5. The SMILES string of the molecule is O=[N+]([O-])C1CCC(C2(CO)OCCO2)C1. The number of aliphatic hydroxyl groups is 1. The molecule has 0 radical (unpaired) electrons. The predicted octanol–water partition coefficient (Wildman–Crippen LogP) is 0.167. The second-order valence-electron chi connectivity index (χ2n) is 4.12. The maximum atomic E-state index is 10.6. The first kappa shape index (κ1) is 10.8. The molecule has 15 heavy (non-hydrogen) atoms. The minimum Gasteiger partial charge on any atom is -0.391 e. The van der Waals surface area contributed by atoms with Crippen molar-refractivity contribution in [2.45, 2.75) is 31.1 Å². The van der Waals surface area contributed by atoms with Gasteiger partial charge >= 0.3 is 0 Å². The van der Waals surface area contributed by atoms with Crippen LogP contribution in [0.4, 0.5) is 0 Å². The maximum absolute atomic E-state index is 10.6. The average molecular weight is 217 g/mol. The van der Waals surface area contributed by atoms with E-state index in [4.69, 9.17) is 9.47 Å². The van der Waals surface area contributed by atoms with E-state index in [0.29, 0.717) is 32.5 Å². The van der Waals surface area contributed by atoms with Crippen LogP contribution in [0, 0.1) is 16.0 Å². The van der Waals surface area contributed by atoms with Crippen molar-refractivity contribution in [3.05, 3.63) is 10.1 Å². The van der Waals surface area contributed by atoms with Crippen LogP contribution in [-0.4, -0.2) is 41.7 Å². The second-order valence-corrected chi connectivity index (χ2v) is 4.12.